The van der Waals surface area contributed by atoms with Crippen LogP contribution in [0.15, 0.2) is 0 Å². The van der Waals surface area contributed by atoms with E-state index in [9.17, 15) is 0 Å². The first-order chi connectivity index (χ1) is 5.34. The first-order valence-corrected chi connectivity index (χ1v) is 4.17. The van der Waals surface area contributed by atoms with Crippen LogP contribution in [0.2, 0.25) is 0 Å². The van der Waals surface area contributed by atoms with Crippen molar-refractivity contribution in [3.05, 3.63) is 0 Å². The highest BCUT2D eigenvalue weighted by Gasteiger charge is 2.20. The summed E-state index contributed by atoms with van der Waals surface area (Å²) in [5, 5.41) is 0. The van der Waals surface area contributed by atoms with E-state index in [2.05, 4.69) is 0 Å². The second-order valence-electron chi connectivity index (χ2n) is 3.10. The van der Waals surface area contributed by atoms with E-state index >= 15 is 0 Å². The van der Waals surface area contributed by atoms with Crippen LogP contribution < -0.4 is 5.73 Å². The summed E-state index contributed by atoms with van der Waals surface area (Å²) >= 11 is 0. The number of nitrogens with two attached hydrogens (primary N) is 1. The molecule has 1 heterocycles. The molecule has 2 atom stereocenters. The first-order valence-electron chi connectivity index (χ1n) is 4.17. The van der Waals surface area contributed by atoms with Crippen molar-refractivity contribution < 1.29 is 9.47 Å². The lowest BCUT2D eigenvalue weighted by Crippen LogP contribution is -2.38. The fourth-order valence-corrected chi connectivity index (χ4v) is 1.43. The average molecular weight is 159 g/mol. The molecule has 2 N–H and O–H groups in total. The summed E-state index contributed by atoms with van der Waals surface area (Å²) in [5.74, 6) is 0.503. The molecule has 0 spiro atoms. The average Bonchev–Trinajstić information content (AvgIpc) is 2.07. The fraction of sp³-hybridized carbons (Fsp3) is 1.00. The molecule has 0 bridgehead atoms. The van der Waals surface area contributed by atoms with Crippen LogP contribution >= 0.6 is 0 Å². The van der Waals surface area contributed by atoms with E-state index in [1.54, 1.807) is 7.11 Å². The van der Waals surface area contributed by atoms with E-state index in [0.29, 0.717) is 12.5 Å². The van der Waals surface area contributed by atoms with Crippen LogP contribution in [0.1, 0.15) is 12.8 Å². The van der Waals surface area contributed by atoms with E-state index < -0.39 is 0 Å². The van der Waals surface area contributed by atoms with Crippen LogP contribution in [0.3, 0.4) is 0 Å². The van der Waals surface area contributed by atoms with Gasteiger partial charge in [-0.1, -0.05) is 0 Å². The van der Waals surface area contributed by atoms with Gasteiger partial charge in [0, 0.05) is 19.8 Å². The third-order valence-corrected chi connectivity index (χ3v) is 2.16. The maximum Gasteiger partial charge on any atom is 0.0617 e. The molecular formula is C8H17NO2. The summed E-state index contributed by atoms with van der Waals surface area (Å²) in [6.45, 7) is 2.36. The molecule has 1 fully saturated rings. The SMILES string of the molecule is COCC(N)C1CCCOC1. The quantitative estimate of drug-likeness (QED) is 0.647. The summed E-state index contributed by atoms with van der Waals surface area (Å²) in [6, 6.07) is 0.153. The van der Waals surface area contributed by atoms with Crippen LogP contribution in [0.4, 0.5) is 0 Å². The van der Waals surface area contributed by atoms with Gasteiger partial charge in [-0.25, -0.2) is 0 Å². The normalized spacial score (nSPS) is 28.4. The molecular weight excluding hydrogens is 142 g/mol. The van der Waals surface area contributed by atoms with Gasteiger partial charge in [-0.15, -0.1) is 0 Å². The van der Waals surface area contributed by atoms with Crippen molar-refractivity contribution in [2.75, 3.05) is 26.9 Å². The number of ether oxygens (including phenoxy) is 2. The molecule has 66 valence electrons. The molecule has 11 heavy (non-hydrogen) atoms. The summed E-state index contributed by atoms with van der Waals surface area (Å²) in [7, 11) is 1.68. The molecule has 0 aromatic heterocycles. The van der Waals surface area contributed by atoms with Crippen LogP contribution in [0.5, 0.6) is 0 Å². The molecule has 1 saturated heterocycles. The van der Waals surface area contributed by atoms with Crippen molar-refractivity contribution in [2.24, 2.45) is 11.7 Å². The Balaban J connectivity index is 2.21. The first kappa shape index (κ1) is 8.97. The van der Waals surface area contributed by atoms with Gasteiger partial charge in [0.25, 0.3) is 0 Å². The zero-order valence-corrected chi connectivity index (χ0v) is 7.08. The summed E-state index contributed by atoms with van der Waals surface area (Å²) in [6.07, 6.45) is 2.33. The Bertz CT molecular complexity index is 102. The van der Waals surface area contributed by atoms with E-state index in [-0.39, 0.29) is 6.04 Å². The summed E-state index contributed by atoms with van der Waals surface area (Å²) in [4.78, 5) is 0. The Morgan fingerprint density at radius 1 is 1.73 bits per heavy atom. The minimum absolute atomic E-state index is 0.153. The monoisotopic (exact) mass is 159 g/mol. The number of methoxy groups -OCH3 is 1. The molecule has 3 nitrogen and oxygen atoms in total. The van der Waals surface area contributed by atoms with Crippen molar-refractivity contribution >= 4 is 0 Å². The lowest BCUT2D eigenvalue weighted by molar-refractivity contribution is 0.0305. The topological polar surface area (TPSA) is 44.5 Å². The maximum absolute atomic E-state index is 5.85. The highest BCUT2D eigenvalue weighted by molar-refractivity contribution is 4.74. The van der Waals surface area contributed by atoms with Crippen LogP contribution in [-0.2, 0) is 9.47 Å². The Morgan fingerprint density at radius 3 is 3.09 bits per heavy atom. The van der Waals surface area contributed by atoms with Crippen molar-refractivity contribution in [1.82, 2.24) is 0 Å². The van der Waals surface area contributed by atoms with Gasteiger partial charge >= 0.3 is 0 Å². The molecule has 0 saturated carbocycles. The minimum Gasteiger partial charge on any atom is -0.383 e. The third-order valence-electron chi connectivity index (χ3n) is 2.16. The fourth-order valence-electron chi connectivity index (χ4n) is 1.43. The van der Waals surface area contributed by atoms with Crippen LogP contribution in [0, 0.1) is 5.92 Å². The molecule has 1 rings (SSSR count). The highest BCUT2D eigenvalue weighted by Crippen LogP contribution is 2.15. The van der Waals surface area contributed by atoms with Gasteiger partial charge in [-0.05, 0) is 18.8 Å². The molecule has 0 amide bonds. The second-order valence-corrected chi connectivity index (χ2v) is 3.10. The summed E-state index contributed by atoms with van der Waals surface area (Å²) in [5.41, 5.74) is 5.85. The lowest BCUT2D eigenvalue weighted by atomic mass is 9.95. The van der Waals surface area contributed by atoms with Gasteiger partial charge in [0.05, 0.1) is 13.2 Å². The van der Waals surface area contributed by atoms with Crippen molar-refractivity contribution in [2.45, 2.75) is 18.9 Å². The molecule has 0 radical (unpaired) electrons. The lowest BCUT2D eigenvalue weighted by Gasteiger charge is -2.26. The largest absolute Gasteiger partial charge is 0.383 e. The maximum atomic E-state index is 5.85. The van der Waals surface area contributed by atoms with Gasteiger partial charge in [0.15, 0.2) is 0 Å². The van der Waals surface area contributed by atoms with Crippen LogP contribution in [0.25, 0.3) is 0 Å². The van der Waals surface area contributed by atoms with Crippen molar-refractivity contribution in [3.63, 3.8) is 0 Å². The molecule has 1 aliphatic heterocycles. The molecule has 0 aromatic rings. The van der Waals surface area contributed by atoms with E-state index in [1.165, 1.54) is 6.42 Å². The molecule has 3 heteroatoms. The smallest absolute Gasteiger partial charge is 0.0617 e. The van der Waals surface area contributed by atoms with Crippen molar-refractivity contribution in [1.29, 1.82) is 0 Å². The Labute approximate surface area is 67.9 Å². The van der Waals surface area contributed by atoms with Gasteiger partial charge in [0.1, 0.15) is 0 Å². The van der Waals surface area contributed by atoms with Crippen LogP contribution in [-0.4, -0.2) is 33.0 Å². The molecule has 1 aliphatic rings. The molecule has 0 aromatic carbocycles. The highest BCUT2D eigenvalue weighted by atomic mass is 16.5. The summed E-state index contributed by atoms with van der Waals surface area (Å²) < 4.78 is 10.3. The Morgan fingerprint density at radius 2 is 2.55 bits per heavy atom. The van der Waals surface area contributed by atoms with Gasteiger partial charge < -0.3 is 15.2 Å². The zero-order valence-electron chi connectivity index (χ0n) is 7.08. The predicted molar refractivity (Wildman–Crippen MR) is 43.4 cm³/mol. The predicted octanol–water partition coefficient (Wildman–Crippen LogP) is 0.387. The third kappa shape index (κ3) is 2.77. The van der Waals surface area contributed by atoms with E-state index in [1.807, 2.05) is 0 Å². The van der Waals surface area contributed by atoms with E-state index in [4.69, 9.17) is 15.2 Å². The number of hydrogen-bond donors (Lipinski definition) is 1. The Kier molecular flexibility index (Phi) is 3.83. The van der Waals surface area contributed by atoms with Crippen molar-refractivity contribution in [3.8, 4) is 0 Å². The Hall–Kier alpha value is -0.120. The van der Waals surface area contributed by atoms with E-state index in [0.717, 1.165) is 19.6 Å². The van der Waals surface area contributed by atoms with Gasteiger partial charge in [-0.3, -0.25) is 0 Å². The standard InChI is InChI=1S/C8H17NO2/c1-10-6-8(9)7-3-2-4-11-5-7/h7-8H,2-6,9H2,1H3. The number of hydrogen-bond acceptors (Lipinski definition) is 3. The number of rotatable bonds is 3. The minimum atomic E-state index is 0.153. The second kappa shape index (κ2) is 4.70. The molecule has 2 unspecified atom stereocenters. The van der Waals surface area contributed by atoms with Gasteiger partial charge in [0.2, 0.25) is 0 Å². The zero-order chi connectivity index (χ0) is 8.10. The molecule has 0 aliphatic carbocycles. The van der Waals surface area contributed by atoms with Gasteiger partial charge in [-0.2, -0.15) is 0 Å².